The average Bonchev–Trinajstić information content (AvgIpc) is 2.75. The average molecular weight is 212 g/mol. The molecule has 2 heterocycles. The Labute approximate surface area is 88.5 Å². The third kappa shape index (κ3) is 2.25. The van der Waals surface area contributed by atoms with Crippen LogP contribution >= 0.6 is 11.3 Å². The summed E-state index contributed by atoms with van der Waals surface area (Å²) in [5.74, 6) is 0.499. The van der Waals surface area contributed by atoms with Crippen molar-refractivity contribution in [2.24, 2.45) is 0 Å². The number of thiazole rings is 1. The fourth-order valence-corrected chi connectivity index (χ4v) is 2.32. The fourth-order valence-electron chi connectivity index (χ4n) is 1.49. The van der Waals surface area contributed by atoms with Gasteiger partial charge in [-0.2, -0.15) is 0 Å². The predicted octanol–water partition coefficient (Wildman–Crippen LogP) is 2.01. The first kappa shape index (κ1) is 9.93. The lowest BCUT2D eigenvalue weighted by Gasteiger charge is -2.08. The van der Waals surface area contributed by atoms with E-state index in [1.807, 2.05) is 6.20 Å². The zero-order valence-electron chi connectivity index (χ0n) is 8.62. The molecule has 1 unspecified atom stereocenters. The molecule has 1 atom stereocenters. The van der Waals surface area contributed by atoms with Gasteiger partial charge in [0.2, 0.25) is 0 Å². The summed E-state index contributed by atoms with van der Waals surface area (Å²) in [6.07, 6.45) is 3.29. The largest absolute Gasteiger partial charge is 0.478 e. The smallest absolute Gasteiger partial charge is 0.194 e. The number of nitrogens with zero attached hydrogens (tertiary/aromatic N) is 1. The molecule has 14 heavy (non-hydrogen) atoms. The highest BCUT2D eigenvalue weighted by Crippen LogP contribution is 2.28. The van der Waals surface area contributed by atoms with Gasteiger partial charge in [-0.25, -0.2) is 4.98 Å². The van der Waals surface area contributed by atoms with Crippen molar-refractivity contribution >= 4 is 11.3 Å². The molecule has 1 saturated heterocycles. The lowest BCUT2D eigenvalue weighted by atomic mass is 10.2. The molecule has 3 nitrogen and oxygen atoms in total. The normalized spacial score (nSPS) is 21.8. The number of hydrogen-bond donors (Lipinski definition) is 1. The Morgan fingerprint density at radius 3 is 3.07 bits per heavy atom. The highest BCUT2D eigenvalue weighted by atomic mass is 32.1. The highest BCUT2D eigenvalue weighted by molar-refractivity contribution is 7.13. The van der Waals surface area contributed by atoms with Crippen molar-refractivity contribution in [2.45, 2.75) is 32.3 Å². The molecule has 1 aliphatic heterocycles. The van der Waals surface area contributed by atoms with Crippen LogP contribution in [0.1, 0.15) is 31.2 Å². The van der Waals surface area contributed by atoms with Crippen LogP contribution in [0.3, 0.4) is 0 Å². The van der Waals surface area contributed by atoms with Gasteiger partial charge in [0.1, 0.15) is 6.10 Å². The summed E-state index contributed by atoms with van der Waals surface area (Å²) in [4.78, 5) is 4.33. The first-order chi connectivity index (χ1) is 6.75. The summed E-state index contributed by atoms with van der Waals surface area (Å²) in [5, 5.41) is 5.40. The molecule has 0 bridgehead atoms. The molecule has 1 fully saturated rings. The van der Waals surface area contributed by atoms with Crippen molar-refractivity contribution in [1.82, 2.24) is 10.3 Å². The standard InChI is InChI=1S/C10H16N2OS/c1-7(2)10-12-6-9(14-10)13-8-3-4-11-5-8/h6-8,11H,3-5H2,1-2H3. The summed E-state index contributed by atoms with van der Waals surface area (Å²) in [7, 11) is 0. The van der Waals surface area contributed by atoms with Gasteiger partial charge < -0.3 is 10.1 Å². The van der Waals surface area contributed by atoms with Gasteiger partial charge in [0.15, 0.2) is 5.06 Å². The Kier molecular flexibility index (Phi) is 3.03. The van der Waals surface area contributed by atoms with Gasteiger partial charge in [-0.1, -0.05) is 25.2 Å². The monoisotopic (exact) mass is 212 g/mol. The van der Waals surface area contributed by atoms with Gasteiger partial charge in [-0.05, 0) is 13.0 Å². The van der Waals surface area contributed by atoms with E-state index in [0.717, 1.165) is 29.6 Å². The Balaban J connectivity index is 1.95. The van der Waals surface area contributed by atoms with Crippen LogP contribution in [0, 0.1) is 0 Å². The van der Waals surface area contributed by atoms with E-state index in [0.29, 0.717) is 12.0 Å². The van der Waals surface area contributed by atoms with Crippen molar-refractivity contribution in [1.29, 1.82) is 0 Å². The SMILES string of the molecule is CC(C)c1ncc(OC2CCNC2)s1. The summed E-state index contributed by atoms with van der Waals surface area (Å²) in [6.45, 7) is 6.34. The minimum absolute atomic E-state index is 0.343. The topological polar surface area (TPSA) is 34.1 Å². The van der Waals surface area contributed by atoms with Gasteiger partial charge in [0.05, 0.1) is 11.2 Å². The summed E-state index contributed by atoms with van der Waals surface area (Å²) in [5.41, 5.74) is 0. The number of rotatable bonds is 3. The molecular formula is C10H16N2OS. The predicted molar refractivity (Wildman–Crippen MR) is 58.1 cm³/mol. The number of aromatic nitrogens is 1. The molecule has 0 aromatic carbocycles. The molecule has 4 heteroatoms. The maximum Gasteiger partial charge on any atom is 0.194 e. The molecule has 2 rings (SSSR count). The lowest BCUT2D eigenvalue weighted by molar-refractivity contribution is 0.229. The van der Waals surface area contributed by atoms with Crippen LogP contribution in [0.4, 0.5) is 0 Å². The molecule has 0 amide bonds. The quantitative estimate of drug-likeness (QED) is 0.832. The van der Waals surface area contributed by atoms with E-state index in [1.165, 1.54) is 0 Å². The Hall–Kier alpha value is -0.610. The number of ether oxygens (including phenoxy) is 1. The molecule has 1 aromatic rings. The van der Waals surface area contributed by atoms with Crippen molar-refractivity contribution in [3.63, 3.8) is 0 Å². The third-order valence-electron chi connectivity index (χ3n) is 2.29. The Bertz CT molecular complexity index is 292. The molecule has 0 saturated carbocycles. The first-order valence-electron chi connectivity index (χ1n) is 5.09. The second-order valence-corrected chi connectivity index (χ2v) is 4.93. The van der Waals surface area contributed by atoms with Crippen LogP contribution < -0.4 is 10.1 Å². The van der Waals surface area contributed by atoms with Crippen molar-refractivity contribution in [2.75, 3.05) is 13.1 Å². The molecule has 1 aliphatic rings. The van der Waals surface area contributed by atoms with E-state index in [4.69, 9.17) is 4.74 Å². The molecular weight excluding hydrogens is 196 g/mol. The van der Waals surface area contributed by atoms with E-state index in [1.54, 1.807) is 11.3 Å². The van der Waals surface area contributed by atoms with Gasteiger partial charge in [-0.3, -0.25) is 0 Å². The molecule has 0 radical (unpaired) electrons. The Morgan fingerprint density at radius 2 is 2.50 bits per heavy atom. The lowest BCUT2D eigenvalue weighted by Crippen LogP contribution is -2.18. The second kappa shape index (κ2) is 4.28. The van der Waals surface area contributed by atoms with Crippen LogP contribution in [-0.2, 0) is 0 Å². The highest BCUT2D eigenvalue weighted by Gasteiger charge is 2.17. The van der Waals surface area contributed by atoms with Crippen LogP contribution in [-0.4, -0.2) is 24.2 Å². The second-order valence-electron chi connectivity index (χ2n) is 3.90. The van der Waals surface area contributed by atoms with E-state index in [-0.39, 0.29) is 0 Å². The zero-order chi connectivity index (χ0) is 9.97. The summed E-state index contributed by atoms with van der Waals surface area (Å²) in [6, 6.07) is 0. The molecule has 78 valence electrons. The van der Waals surface area contributed by atoms with E-state index < -0.39 is 0 Å². The molecule has 1 N–H and O–H groups in total. The maximum absolute atomic E-state index is 5.80. The summed E-state index contributed by atoms with van der Waals surface area (Å²) >= 11 is 1.67. The van der Waals surface area contributed by atoms with E-state index in [9.17, 15) is 0 Å². The van der Waals surface area contributed by atoms with Gasteiger partial charge in [0, 0.05) is 12.5 Å². The number of nitrogens with one attached hydrogen (secondary N) is 1. The minimum Gasteiger partial charge on any atom is -0.478 e. The molecule has 1 aromatic heterocycles. The number of hydrogen-bond acceptors (Lipinski definition) is 4. The minimum atomic E-state index is 0.343. The van der Waals surface area contributed by atoms with Gasteiger partial charge >= 0.3 is 0 Å². The Morgan fingerprint density at radius 1 is 1.64 bits per heavy atom. The zero-order valence-corrected chi connectivity index (χ0v) is 9.43. The van der Waals surface area contributed by atoms with E-state index >= 15 is 0 Å². The van der Waals surface area contributed by atoms with Gasteiger partial charge in [0.25, 0.3) is 0 Å². The molecule has 0 aliphatic carbocycles. The maximum atomic E-state index is 5.80. The van der Waals surface area contributed by atoms with Crippen LogP contribution in [0.15, 0.2) is 6.20 Å². The third-order valence-corrected chi connectivity index (χ3v) is 3.48. The summed E-state index contributed by atoms with van der Waals surface area (Å²) < 4.78 is 5.80. The van der Waals surface area contributed by atoms with Crippen LogP contribution in [0.5, 0.6) is 5.06 Å². The van der Waals surface area contributed by atoms with E-state index in [2.05, 4.69) is 24.1 Å². The van der Waals surface area contributed by atoms with Crippen molar-refractivity contribution in [3.8, 4) is 5.06 Å². The fraction of sp³-hybridized carbons (Fsp3) is 0.700. The van der Waals surface area contributed by atoms with Crippen LogP contribution in [0.2, 0.25) is 0 Å². The molecule has 0 spiro atoms. The van der Waals surface area contributed by atoms with Crippen molar-refractivity contribution in [3.05, 3.63) is 11.2 Å². The van der Waals surface area contributed by atoms with Crippen molar-refractivity contribution < 1.29 is 4.74 Å². The van der Waals surface area contributed by atoms with Gasteiger partial charge in [-0.15, -0.1) is 0 Å². The first-order valence-corrected chi connectivity index (χ1v) is 5.90. The van der Waals surface area contributed by atoms with Crippen LogP contribution in [0.25, 0.3) is 0 Å².